The number of hydrogen-bond acceptors (Lipinski definition) is 7. The molecule has 0 aromatic rings. The summed E-state index contributed by atoms with van der Waals surface area (Å²) in [6.07, 6.45) is 0.0238. The van der Waals surface area contributed by atoms with E-state index in [1.165, 1.54) is 11.8 Å². The Hall–Kier alpha value is -1.81. The minimum absolute atomic E-state index is 0.141. The molecule has 0 bridgehead atoms. The van der Waals surface area contributed by atoms with Gasteiger partial charge in [0.05, 0.1) is 0 Å². The number of hydrogen-bond donors (Lipinski definition) is 4. The summed E-state index contributed by atoms with van der Waals surface area (Å²) in [7, 11) is 0. The first-order valence-corrected chi connectivity index (χ1v) is 7.94. The first kappa shape index (κ1) is 21.2. The molecule has 0 spiro atoms. The molecule has 0 aromatic carbocycles. The second-order valence-corrected chi connectivity index (χ2v) is 5.94. The van der Waals surface area contributed by atoms with Gasteiger partial charge in [-0.1, -0.05) is 13.3 Å². The van der Waals surface area contributed by atoms with E-state index in [0.717, 1.165) is 19.8 Å². The average Bonchev–Trinajstić information content (AvgIpc) is 2.47. The highest BCUT2D eigenvalue weighted by Gasteiger charge is 2.55. The summed E-state index contributed by atoms with van der Waals surface area (Å²) in [5.74, 6) is -8.74. The number of esters is 1. The molecule has 23 heavy (non-hydrogen) atoms. The van der Waals surface area contributed by atoms with Crippen molar-refractivity contribution in [3.8, 4) is 0 Å². The lowest BCUT2D eigenvalue weighted by molar-refractivity contribution is -0.195. The zero-order valence-electron chi connectivity index (χ0n) is 12.7. The standard InChI is InChI=1S/C13H20O9S/c1-3-4-5-23-6-8(10(16)17)22-12(20)13(21,11(18)19)7(2)9(14)15/h7-8,21H,3-6H2,1-2H3,(H,14,15)(H,16,17)(H,18,19). The van der Waals surface area contributed by atoms with Crippen molar-refractivity contribution in [3.05, 3.63) is 0 Å². The maximum Gasteiger partial charge on any atom is 0.351 e. The number of carbonyl (C=O) groups is 4. The van der Waals surface area contributed by atoms with Crippen LogP contribution in [0.1, 0.15) is 26.7 Å². The summed E-state index contributed by atoms with van der Waals surface area (Å²) in [6, 6.07) is 0. The van der Waals surface area contributed by atoms with Gasteiger partial charge in [-0.05, 0) is 19.1 Å². The Morgan fingerprint density at radius 1 is 1.13 bits per heavy atom. The number of carbonyl (C=O) groups excluding carboxylic acids is 1. The lowest BCUT2D eigenvalue weighted by atomic mass is 9.89. The van der Waals surface area contributed by atoms with E-state index in [1.54, 1.807) is 0 Å². The highest BCUT2D eigenvalue weighted by molar-refractivity contribution is 7.99. The minimum atomic E-state index is -3.37. The third-order valence-electron chi connectivity index (χ3n) is 3.07. The molecule has 0 aliphatic rings. The molecule has 0 aromatic heterocycles. The summed E-state index contributed by atoms with van der Waals surface area (Å²) < 4.78 is 4.54. The van der Waals surface area contributed by atoms with E-state index < -0.39 is 41.5 Å². The monoisotopic (exact) mass is 352 g/mol. The molecule has 0 aliphatic heterocycles. The maximum atomic E-state index is 11.9. The number of carboxylic acids is 3. The molecule has 0 aliphatic carbocycles. The van der Waals surface area contributed by atoms with Crippen molar-refractivity contribution in [2.24, 2.45) is 5.92 Å². The van der Waals surface area contributed by atoms with Gasteiger partial charge in [0.1, 0.15) is 5.92 Å². The second kappa shape index (κ2) is 9.36. The molecule has 0 fully saturated rings. The molecular formula is C13H20O9S. The van der Waals surface area contributed by atoms with Crippen molar-refractivity contribution >= 4 is 35.6 Å². The molecule has 3 unspecified atom stereocenters. The molecule has 0 saturated heterocycles. The third kappa shape index (κ3) is 5.71. The highest BCUT2D eigenvalue weighted by atomic mass is 32.2. The number of aliphatic carboxylic acids is 3. The van der Waals surface area contributed by atoms with Crippen LogP contribution in [-0.4, -0.2) is 67.5 Å². The fourth-order valence-corrected chi connectivity index (χ4v) is 2.52. The Morgan fingerprint density at radius 3 is 2.09 bits per heavy atom. The van der Waals surface area contributed by atoms with E-state index >= 15 is 0 Å². The zero-order valence-corrected chi connectivity index (χ0v) is 13.5. The zero-order chi connectivity index (χ0) is 18.2. The summed E-state index contributed by atoms with van der Waals surface area (Å²) in [5, 5.41) is 36.6. The van der Waals surface area contributed by atoms with Gasteiger partial charge < -0.3 is 25.2 Å². The van der Waals surface area contributed by atoms with Crippen LogP contribution in [0, 0.1) is 5.92 Å². The van der Waals surface area contributed by atoms with Crippen LogP contribution in [0.3, 0.4) is 0 Å². The van der Waals surface area contributed by atoms with Crippen LogP contribution >= 0.6 is 11.8 Å². The van der Waals surface area contributed by atoms with Crippen molar-refractivity contribution in [2.75, 3.05) is 11.5 Å². The normalized spacial score (nSPS) is 16.0. The van der Waals surface area contributed by atoms with Gasteiger partial charge in [-0.15, -0.1) is 0 Å². The minimum Gasteiger partial charge on any atom is -0.481 e. The van der Waals surface area contributed by atoms with Gasteiger partial charge >= 0.3 is 23.9 Å². The number of carboxylic acid groups (broad SMARTS) is 3. The Balaban J connectivity index is 5.09. The van der Waals surface area contributed by atoms with Gasteiger partial charge in [-0.2, -0.15) is 11.8 Å². The van der Waals surface area contributed by atoms with E-state index in [2.05, 4.69) is 4.74 Å². The van der Waals surface area contributed by atoms with Gasteiger partial charge in [0, 0.05) is 5.75 Å². The van der Waals surface area contributed by atoms with Crippen LogP contribution in [0.5, 0.6) is 0 Å². The summed E-state index contributed by atoms with van der Waals surface area (Å²) in [5.41, 5.74) is -3.37. The van der Waals surface area contributed by atoms with Crippen LogP contribution in [0.25, 0.3) is 0 Å². The Labute approximate surface area is 136 Å². The van der Waals surface area contributed by atoms with Crippen LogP contribution in [0.2, 0.25) is 0 Å². The number of ether oxygens (including phenoxy) is 1. The summed E-state index contributed by atoms with van der Waals surface area (Å²) in [6.45, 7) is 2.75. The highest BCUT2D eigenvalue weighted by Crippen LogP contribution is 2.22. The smallest absolute Gasteiger partial charge is 0.351 e. The van der Waals surface area contributed by atoms with Crippen molar-refractivity contribution in [1.29, 1.82) is 0 Å². The second-order valence-electron chi connectivity index (χ2n) is 4.79. The van der Waals surface area contributed by atoms with E-state index in [0.29, 0.717) is 5.75 Å². The molecule has 9 nitrogen and oxygen atoms in total. The van der Waals surface area contributed by atoms with Crippen molar-refractivity contribution in [1.82, 2.24) is 0 Å². The number of unbranched alkanes of at least 4 members (excludes halogenated alkanes) is 1. The fraction of sp³-hybridized carbons (Fsp3) is 0.692. The summed E-state index contributed by atoms with van der Waals surface area (Å²) >= 11 is 1.19. The molecule has 0 radical (unpaired) electrons. The SMILES string of the molecule is CCCCSCC(OC(=O)C(O)(C(=O)O)C(C)C(=O)O)C(=O)O. The molecule has 3 atom stereocenters. The van der Waals surface area contributed by atoms with Crippen LogP contribution in [-0.2, 0) is 23.9 Å². The molecular weight excluding hydrogens is 332 g/mol. The van der Waals surface area contributed by atoms with Gasteiger partial charge in [0.15, 0.2) is 0 Å². The van der Waals surface area contributed by atoms with Gasteiger partial charge in [0.2, 0.25) is 6.10 Å². The Kier molecular flexibility index (Phi) is 8.62. The number of rotatable bonds is 11. The van der Waals surface area contributed by atoms with E-state index in [9.17, 15) is 24.3 Å². The quantitative estimate of drug-likeness (QED) is 0.227. The van der Waals surface area contributed by atoms with Gasteiger partial charge in [0.25, 0.3) is 5.60 Å². The third-order valence-corrected chi connectivity index (χ3v) is 4.19. The molecule has 4 N–H and O–H groups in total. The fourth-order valence-electron chi connectivity index (χ4n) is 1.44. The molecule has 0 saturated carbocycles. The molecule has 0 rings (SSSR count). The molecule has 132 valence electrons. The summed E-state index contributed by atoms with van der Waals surface area (Å²) in [4.78, 5) is 44.9. The van der Waals surface area contributed by atoms with Crippen LogP contribution < -0.4 is 0 Å². The van der Waals surface area contributed by atoms with E-state index in [4.69, 9.17) is 15.3 Å². The Morgan fingerprint density at radius 2 is 1.70 bits per heavy atom. The molecule has 10 heteroatoms. The first-order chi connectivity index (χ1) is 10.6. The average molecular weight is 352 g/mol. The predicted octanol–water partition coefficient (Wildman–Crippen LogP) is 0.0525. The first-order valence-electron chi connectivity index (χ1n) is 6.79. The van der Waals surface area contributed by atoms with Gasteiger partial charge in [-0.3, -0.25) is 4.79 Å². The van der Waals surface area contributed by atoms with Crippen LogP contribution in [0.4, 0.5) is 0 Å². The predicted molar refractivity (Wildman–Crippen MR) is 79.1 cm³/mol. The molecule has 0 amide bonds. The molecule has 0 heterocycles. The van der Waals surface area contributed by atoms with E-state index in [1.807, 2.05) is 6.92 Å². The van der Waals surface area contributed by atoms with Crippen molar-refractivity contribution < 1.29 is 44.3 Å². The topological polar surface area (TPSA) is 158 Å². The lowest BCUT2D eigenvalue weighted by Crippen LogP contribution is -2.56. The van der Waals surface area contributed by atoms with Gasteiger partial charge in [-0.25, -0.2) is 14.4 Å². The van der Waals surface area contributed by atoms with Crippen molar-refractivity contribution in [2.45, 2.75) is 38.4 Å². The Bertz CT molecular complexity index is 464. The number of thioether (sulfide) groups is 1. The maximum absolute atomic E-state index is 11.9. The largest absolute Gasteiger partial charge is 0.481 e. The van der Waals surface area contributed by atoms with Crippen LogP contribution in [0.15, 0.2) is 0 Å². The number of aliphatic hydroxyl groups is 1. The van der Waals surface area contributed by atoms with E-state index in [-0.39, 0.29) is 5.75 Å². The lowest BCUT2D eigenvalue weighted by Gasteiger charge is -2.26. The van der Waals surface area contributed by atoms with Crippen molar-refractivity contribution in [3.63, 3.8) is 0 Å².